The van der Waals surface area contributed by atoms with Crippen molar-refractivity contribution in [2.45, 2.75) is 43.9 Å². The zero-order valence-electron chi connectivity index (χ0n) is 11.6. The number of rotatable bonds is 4. The number of fused-ring (bicyclic) bond motifs is 1. The number of hydrogen-bond donors (Lipinski definition) is 1. The van der Waals surface area contributed by atoms with E-state index in [1.54, 1.807) is 6.92 Å². The van der Waals surface area contributed by atoms with Crippen molar-refractivity contribution in [3.8, 4) is 0 Å². The van der Waals surface area contributed by atoms with Crippen LogP contribution >= 0.6 is 23.2 Å². The minimum absolute atomic E-state index is 0.133. The lowest BCUT2D eigenvalue weighted by atomic mass is 9.97. The van der Waals surface area contributed by atoms with Crippen LogP contribution in [0, 0.1) is 0 Å². The minimum Gasteiger partial charge on any atom is -0.454 e. The van der Waals surface area contributed by atoms with E-state index in [1.807, 2.05) is 0 Å². The van der Waals surface area contributed by atoms with Crippen molar-refractivity contribution < 1.29 is 38.4 Å². The molecule has 2 aliphatic rings. The Morgan fingerprint density at radius 1 is 1.14 bits per heavy atom. The molecule has 126 valence electrons. The predicted molar refractivity (Wildman–Crippen MR) is 72.4 cm³/mol. The van der Waals surface area contributed by atoms with Gasteiger partial charge in [-0.25, -0.2) is 0 Å². The van der Waals surface area contributed by atoms with E-state index in [0.29, 0.717) is 0 Å². The quantitative estimate of drug-likeness (QED) is 0.543. The van der Waals surface area contributed by atoms with E-state index >= 15 is 0 Å². The molecule has 0 bridgehead atoms. The molecular formula is C12H16Cl2O8. The van der Waals surface area contributed by atoms with Gasteiger partial charge in [0.15, 0.2) is 24.8 Å². The standard InChI is InChI=1S/C12H16Cl2O8/c1-5-18-4-6-9(19-5)10(21-7(15)2-13)11(12(17)20-6)22-8(16)3-14/h5-6,9-12,17H,2-4H2,1H3/t5-,6-,9-,10+,11-,12-/m1/s1. The Bertz CT molecular complexity index is 420. The summed E-state index contributed by atoms with van der Waals surface area (Å²) in [6.45, 7) is 1.79. The van der Waals surface area contributed by atoms with E-state index in [2.05, 4.69) is 0 Å². The molecule has 22 heavy (non-hydrogen) atoms. The average molecular weight is 359 g/mol. The van der Waals surface area contributed by atoms with Gasteiger partial charge in [-0.15, -0.1) is 23.2 Å². The molecule has 0 saturated carbocycles. The fourth-order valence-electron chi connectivity index (χ4n) is 2.31. The molecule has 2 aliphatic heterocycles. The van der Waals surface area contributed by atoms with Gasteiger partial charge in [-0.05, 0) is 6.92 Å². The molecule has 0 aliphatic carbocycles. The van der Waals surface area contributed by atoms with E-state index in [4.69, 9.17) is 46.9 Å². The van der Waals surface area contributed by atoms with E-state index in [-0.39, 0.29) is 6.61 Å². The fourth-order valence-corrected chi connectivity index (χ4v) is 2.44. The molecule has 0 aromatic rings. The summed E-state index contributed by atoms with van der Waals surface area (Å²) in [6, 6.07) is 0. The van der Waals surface area contributed by atoms with Gasteiger partial charge in [0.2, 0.25) is 0 Å². The predicted octanol–water partition coefficient (Wildman–Crippen LogP) is -0.234. The highest BCUT2D eigenvalue weighted by Crippen LogP contribution is 2.31. The average Bonchev–Trinajstić information content (AvgIpc) is 2.50. The third-order valence-electron chi connectivity index (χ3n) is 3.21. The molecule has 0 unspecified atom stereocenters. The fraction of sp³-hybridized carbons (Fsp3) is 0.833. The van der Waals surface area contributed by atoms with E-state index in [0.717, 1.165) is 0 Å². The molecule has 0 amide bonds. The molecular weight excluding hydrogens is 343 g/mol. The van der Waals surface area contributed by atoms with Crippen molar-refractivity contribution in [1.29, 1.82) is 0 Å². The van der Waals surface area contributed by atoms with Crippen molar-refractivity contribution >= 4 is 35.1 Å². The molecule has 0 aromatic heterocycles. The Balaban J connectivity index is 2.20. The van der Waals surface area contributed by atoms with Crippen molar-refractivity contribution in [2.75, 3.05) is 18.4 Å². The summed E-state index contributed by atoms with van der Waals surface area (Å²) in [5.74, 6) is -2.35. The highest BCUT2D eigenvalue weighted by molar-refractivity contribution is 6.26. The van der Waals surface area contributed by atoms with Crippen LogP contribution in [0.25, 0.3) is 0 Å². The molecule has 2 rings (SSSR count). The smallest absolute Gasteiger partial charge is 0.321 e. The zero-order chi connectivity index (χ0) is 16.3. The SMILES string of the molecule is C[C@@H]1OC[C@H]2O[C@@H](O)[C@H](OC(=O)CCl)[C@@H](OC(=O)CCl)[C@@H]2O1. The molecule has 0 spiro atoms. The molecule has 10 heteroatoms. The largest absolute Gasteiger partial charge is 0.454 e. The first-order chi connectivity index (χ1) is 10.5. The topological polar surface area (TPSA) is 101 Å². The second-order valence-corrected chi connectivity index (χ2v) is 5.28. The van der Waals surface area contributed by atoms with Crippen LogP contribution in [0.5, 0.6) is 0 Å². The lowest BCUT2D eigenvalue weighted by molar-refractivity contribution is -0.350. The molecule has 0 aromatic carbocycles. The second-order valence-electron chi connectivity index (χ2n) is 4.74. The number of hydrogen-bond acceptors (Lipinski definition) is 8. The number of ether oxygens (including phenoxy) is 5. The molecule has 8 nitrogen and oxygen atoms in total. The highest BCUT2D eigenvalue weighted by atomic mass is 35.5. The van der Waals surface area contributed by atoms with Gasteiger partial charge in [-0.1, -0.05) is 0 Å². The first-order valence-electron chi connectivity index (χ1n) is 6.57. The van der Waals surface area contributed by atoms with Gasteiger partial charge in [0.25, 0.3) is 0 Å². The molecule has 2 heterocycles. The molecule has 1 N–H and O–H groups in total. The zero-order valence-corrected chi connectivity index (χ0v) is 13.2. The Morgan fingerprint density at radius 2 is 1.73 bits per heavy atom. The van der Waals surface area contributed by atoms with E-state index in [9.17, 15) is 14.7 Å². The van der Waals surface area contributed by atoms with Crippen molar-refractivity contribution in [2.24, 2.45) is 0 Å². The Hall–Kier alpha value is -0.640. The van der Waals surface area contributed by atoms with Crippen LogP contribution in [-0.2, 0) is 33.3 Å². The van der Waals surface area contributed by atoms with Gasteiger partial charge in [-0.2, -0.15) is 0 Å². The third kappa shape index (κ3) is 4.01. The lowest BCUT2D eigenvalue weighted by Gasteiger charge is -2.46. The summed E-state index contributed by atoms with van der Waals surface area (Å²) in [6.07, 6.45) is -5.88. The molecule has 0 radical (unpaired) electrons. The summed E-state index contributed by atoms with van der Waals surface area (Å²) < 4.78 is 26.3. The summed E-state index contributed by atoms with van der Waals surface area (Å²) >= 11 is 10.8. The first kappa shape index (κ1) is 17.7. The Kier molecular flexibility index (Phi) is 6.25. The highest BCUT2D eigenvalue weighted by Gasteiger charge is 2.52. The van der Waals surface area contributed by atoms with Gasteiger partial charge in [0.05, 0.1) is 6.61 Å². The Labute approximate surface area is 136 Å². The number of carbonyl (C=O) groups is 2. The third-order valence-corrected chi connectivity index (χ3v) is 3.64. The molecule has 6 atom stereocenters. The minimum atomic E-state index is -1.51. The Morgan fingerprint density at radius 3 is 2.32 bits per heavy atom. The summed E-state index contributed by atoms with van der Waals surface area (Å²) in [7, 11) is 0. The lowest BCUT2D eigenvalue weighted by Crippen LogP contribution is -2.64. The van der Waals surface area contributed by atoms with Gasteiger partial charge < -0.3 is 28.8 Å². The summed E-state index contributed by atoms with van der Waals surface area (Å²) in [5.41, 5.74) is 0. The number of aliphatic hydroxyl groups excluding tert-OH is 1. The van der Waals surface area contributed by atoms with Crippen LogP contribution in [0.2, 0.25) is 0 Å². The van der Waals surface area contributed by atoms with Crippen LogP contribution in [-0.4, -0.2) is 72.4 Å². The number of esters is 2. The monoisotopic (exact) mass is 358 g/mol. The van der Waals surface area contributed by atoms with E-state index < -0.39 is 60.7 Å². The van der Waals surface area contributed by atoms with Crippen molar-refractivity contribution in [3.05, 3.63) is 0 Å². The second kappa shape index (κ2) is 7.76. The molecule has 2 fully saturated rings. The van der Waals surface area contributed by atoms with Crippen LogP contribution in [0.1, 0.15) is 6.92 Å². The number of alkyl halides is 2. The van der Waals surface area contributed by atoms with Crippen molar-refractivity contribution in [1.82, 2.24) is 0 Å². The number of carbonyl (C=O) groups excluding carboxylic acids is 2. The summed E-state index contributed by atoms with van der Waals surface area (Å²) in [4.78, 5) is 22.9. The van der Waals surface area contributed by atoms with Gasteiger partial charge in [-0.3, -0.25) is 9.59 Å². The van der Waals surface area contributed by atoms with Gasteiger partial charge in [0.1, 0.15) is 24.0 Å². The maximum Gasteiger partial charge on any atom is 0.321 e. The van der Waals surface area contributed by atoms with Crippen molar-refractivity contribution in [3.63, 3.8) is 0 Å². The van der Waals surface area contributed by atoms with Crippen LogP contribution in [0.3, 0.4) is 0 Å². The number of halogens is 2. The van der Waals surface area contributed by atoms with E-state index in [1.165, 1.54) is 0 Å². The molecule has 2 saturated heterocycles. The van der Waals surface area contributed by atoms with Crippen LogP contribution < -0.4 is 0 Å². The van der Waals surface area contributed by atoms with Crippen LogP contribution in [0.15, 0.2) is 0 Å². The number of aliphatic hydroxyl groups is 1. The summed E-state index contributed by atoms with van der Waals surface area (Å²) in [5, 5.41) is 10.00. The maximum atomic E-state index is 11.5. The first-order valence-corrected chi connectivity index (χ1v) is 7.64. The van der Waals surface area contributed by atoms with Crippen LogP contribution in [0.4, 0.5) is 0 Å². The van der Waals surface area contributed by atoms with Gasteiger partial charge in [0, 0.05) is 0 Å². The normalized spacial score (nSPS) is 38.0. The van der Waals surface area contributed by atoms with Gasteiger partial charge >= 0.3 is 11.9 Å². The maximum absolute atomic E-state index is 11.5.